The number of aromatic nitrogens is 3. The van der Waals surface area contributed by atoms with Crippen LogP contribution in [0.3, 0.4) is 0 Å². The molecule has 3 heterocycles. The molecule has 1 aliphatic carbocycles. The lowest BCUT2D eigenvalue weighted by atomic mass is 9.90. The number of piperidine rings is 1. The molecule has 4 unspecified atom stereocenters. The molecule has 1 amide bonds. The van der Waals surface area contributed by atoms with E-state index in [1.807, 2.05) is 6.92 Å². The number of halogens is 4. The minimum atomic E-state index is -4.56. The number of fused-ring (bicyclic) bond motifs is 2. The highest BCUT2D eigenvalue weighted by molar-refractivity contribution is 7.89. The number of hydrogen-bond acceptors (Lipinski definition) is 6. The molecule has 1 N–H and O–H groups in total. The highest BCUT2D eigenvalue weighted by Gasteiger charge is 2.57. The van der Waals surface area contributed by atoms with Crippen LogP contribution in [0.1, 0.15) is 31.2 Å². The molecular weight excluding hydrogens is 526 g/mol. The summed E-state index contributed by atoms with van der Waals surface area (Å²) in [6.07, 6.45) is -1.10. The zero-order valence-electron chi connectivity index (χ0n) is 20.1. The van der Waals surface area contributed by atoms with Gasteiger partial charge in [-0.3, -0.25) is 9.78 Å². The summed E-state index contributed by atoms with van der Waals surface area (Å²) in [4.78, 5) is 24.9. The summed E-state index contributed by atoms with van der Waals surface area (Å²) in [7, 11) is -4.05. The third-order valence-electron chi connectivity index (χ3n) is 7.13. The van der Waals surface area contributed by atoms with Gasteiger partial charge in [0.25, 0.3) is 0 Å². The van der Waals surface area contributed by atoms with E-state index in [9.17, 15) is 30.8 Å². The lowest BCUT2D eigenvalue weighted by Gasteiger charge is -2.36. The van der Waals surface area contributed by atoms with E-state index in [0.717, 1.165) is 24.4 Å². The second-order valence-corrected chi connectivity index (χ2v) is 11.4. The van der Waals surface area contributed by atoms with E-state index in [0.29, 0.717) is 29.8 Å². The molecule has 2 aliphatic rings. The van der Waals surface area contributed by atoms with Crippen LogP contribution in [0.4, 0.5) is 17.6 Å². The molecule has 1 saturated heterocycles. The van der Waals surface area contributed by atoms with E-state index in [2.05, 4.69) is 20.3 Å². The van der Waals surface area contributed by atoms with Crippen LogP contribution in [0.2, 0.25) is 0 Å². The molecule has 200 valence electrons. The first kappa shape index (κ1) is 26.2. The molecule has 5 rings (SSSR count). The highest BCUT2D eigenvalue weighted by atomic mass is 32.2. The quantitative estimate of drug-likeness (QED) is 0.469. The monoisotopic (exact) mass is 549 g/mol. The van der Waals surface area contributed by atoms with Crippen molar-refractivity contribution in [3.05, 3.63) is 72.2 Å². The molecule has 2 bridgehead atoms. The molecule has 1 aromatic carbocycles. The van der Waals surface area contributed by atoms with Crippen LogP contribution in [0.5, 0.6) is 0 Å². The average molecular weight is 550 g/mol. The number of rotatable bonds is 6. The van der Waals surface area contributed by atoms with Gasteiger partial charge in [-0.2, -0.15) is 17.5 Å². The van der Waals surface area contributed by atoms with Crippen molar-refractivity contribution in [1.82, 2.24) is 24.6 Å². The average Bonchev–Trinajstić information content (AvgIpc) is 3.45. The van der Waals surface area contributed by atoms with Crippen molar-refractivity contribution in [2.24, 2.45) is 11.8 Å². The molecule has 0 spiro atoms. The number of carbonyl (C=O) groups excluding carboxylic acids is 1. The molecular formula is C25H23F4N5O3S. The summed E-state index contributed by atoms with van der Waals surface area (Å²) in [5.74, 6) is -1.07. The smallest absolute Gasteiger partial charge is 0.349 e. The zero-order chi connectivity index (χ0) is 27.2. The predicted octanol–water partition coefficient (Wildman–Crippen LogP) is 3.80. The first-order valence-corrected chi connectivity index (χ1v) is 13.3. The SMILES string of the molecule is CC1CC2CC1C(C(=O)NCc1cc(-c3ccc(C(F)(F)F)nc3)ncn1)N2S(=O)(=O)c1ccc(F)cc1. The van der Waals surface area contributed by atoms with Gasteiger partial charge in [0.05, 0.1) is 22.8 Å². The van der Waals surface area contributed by atoms with E-state index < -0.39 is 39.7 Å². The Morgan fingerprint density at radius 3 is 2.47 bits per heavy atom. The van der Waals surface area contributed by atoms with Crippen LogP contribution in [0.15, 0.2) is 59.9 Å². The van der Waals surface area contributed by atoms with Crippen molar-refractivity contribution in [1.29, 1.82) is 0 Å². The van der Waals surface area contributed by atoms with Gasteiger partial charge in [-0.1, -0.05) is 6.92 Å². The van der Waals surface area contributed by atoms with Crippen LogP contribution >= 0.6 is 0 Å². The Bertz CT molecular complexity index is 1450. The van der Waals surface area contributed by atoms with E-state index in [-0.39, 0.29) is 29.3 Å². The fourth-order valence-electron chi connectivity index (χ4n) is 5.34. The molecule has 13 heteroatoms. The summed E-state index contributed by atoms with van der Waals surface area (Å²) < 4.78 is 79.9. The van der Waals surface area contributed by atoms with Crippen molar-refractivity contribution < 1.29 is 30.8 Å². The normalized spacial score (nSPS) is 23.5. The Kier molecular flexibility index (Phi) is 6.68. The first-order valence-electron chi connectivity index (χ1n) is 11.9. The van der Waals surface area contributed by atoms with Crippen LogP contribution in [0, 0.1) is 17.7 Å². The Morgan fingerprint density at radius 1 is 1.08 bits per heavy atom. The van der Waals surface area contributed by atoms with Gasteiger partial charge >= 0.3 is 6.18 Å². The topological polar surface area (TPSA) is 105 Å². The molecule has 8 nitrogen and oxygen atoms in total. The van der Waals surface area contributed by atoms with Gasteiger partial charge in [-0.05, 0) is 67.1 Å². The zero-order valence-corrected chi connectivity index (χ0v) is 20.9. The van der Waals surface area contributed by atoms with Crippen molar-refractivity contribution in [2.75, 3.05) is 0 Å². The summed E-state index contributed by atoms with van der Waals surface area (Å²) in [5, 5.41) is 2.76. The second-order valence-electron chi connectivity index (χ2n) is 9.54. The molecule has 2 fully saturated rings. The Labute approximate surface area is 216 Å². The summed E-state index contributed by atoms with van der Waals surface area (Å²) in [6.45, 7) is 1.94. The number of alkyl halides is 3. The maximum atomic E-state index is 13.4. The number of nitrogens with zero attached hydrogens (tertiary/aromatic N) is 4. The molecule has 2 aromatic heterocycles. The van der Waals surface area contributed by atoms with Gasteiger partial charge in [0.15, 0.2) is 0 Å². The molecule has 3 aromatic rings. The number of benzene rings is 1. The summed E-state index contributed by atoms with van der Waals surface area (Å²) >= 11 is 0. The maximum absolute atomic E-state index is 13.4. The molecule has 38 heavy (non-hydrogen) atoms. The number of pyridine rings is 1. The number of nitrogens with one attached hydrogen (secondary N) is 1. The summed E-state index contributed by atoms with van der Waals surface area (Å²) in [6, 6.07) is 6.86. The molecule has 1 saturated carbocycles. The Balaban J connectivity index is 1.33. The maximum Gasteiger partial charge on any atom is 0.433 e. The number of sulfonamides is 1. The van der Waals surface area contributed by atoms with Gasteiger partial charge in [0.1, 0.15) is 23.9 Å². The largest absolute Gasteiger partial charge is 0.433 e. The fraction of sp³-hybridized carbons (Fsp3) is 0.360. The standard InChI is InChI=1S/C25H23F4N5O3S/c1-14-8-18-10-20(14)23(34(18)38(36,37)19-5-3-16(26)4-6-19)24(35)31-12-17-9-21(33-13-32-17)15-2-7-22(30-11-15)25(27,28)29/h2-7,9,11,13-14,18,20,23H,8,10,12H2,1H3,(H,31,35). The van der Waals surface area contributed by atoms with E-state index in [1.165, 1.54) is 34.9 Å². The Morgan fingerprint density at radius 2 is 1.82 bits per heavy atom. The van der Waals surface area contributed by atoms with Gasteiger partial charge in [-0.25, -0.2) is 22.8 Å². The lowest BCUT2D eigenvalue weighted by molar-refractivity contribution is -0.141. The number of carbonyl (C=O) groups is 1. The third kappa shape index (κ3) is 4.87. The number of amides is 1. The van der Waals surface area contributed by atoms with E-state index >= 15 is 0 Å². The second kappa shape index (κ2) is 9.70. The van der Waals surface area contributed by atoms with E-state index in [1.54, 1.807) is 0 Å². The van der Waals surface area contributed by atoms with Gasteiger partial charge in [0.2, 0.25) is 15.9 Å². The minimum Gasteiger partial charge on any atom is -0.349 e. The van der Waals surface area contributed by atoms with Crippen LogP contribution in [-0.4, -0.2) is 45.7 Å². The van der Waals surface area contributed by atoms with Gasteiger partial charge in [0, 0.05) is 17.8 Å². The minimum absolute atomic E-state index is 0.0465. The Hall–Kier alpha value is -3.45. The van der Waals surface area contributed by atoms with Crippen molar-refractivity contribution >= 4 is 15.9 Å². The highest BCUT2D eigenvalue weighted by Crippen LogP contribution is 2.48. The van der Waals surface area contributed by atoms with Gasteiger partial charge in [-0.15, -0.1) is 0 Å². The van der Waals surface area contributed by atoms with Crippen LogP contribution in [0.25, 0.3) is 11.3 Å². The van der Waals surface area contributed by atoms with Crippen LogP contribution in [-0.2, 0) is 27.5 Å². The van der Waals surface area contributed by atoms with E-state index in [4.69, 9.17) is 0 Å². The molecule has 1 aliphatic heterocycles. The van der Waals surface area contributed by atoms with Crippen LogP contribution < -0.4 is 5.32 Å². The lowest BCUT2D eigenvalue weighted by Crippen LogP contribution is -2.54. The van der Waals surface area contributed by atoms with Crippen molar-refractivity contribution in [3.8, 4) is 11.3 Å². The predicted molar refractivity (Wildman–Crippen MR) is 127 cm³/mol. The number of hydrogen-bond donors (Lipinski definition) is 1. The molecule has 0 radical (unpaired) electrons. The van der Waals surface area contributed by atoms with Crippen molar-refractivity contribution in [3.63, 3.8) is 0 Å². The third-order valence-corrected chi connectivity index (χ3v) is 9.08. The first-order chi connectivity index (χ1) is 17.9. The summed E-state index contributed by atoms with van der Waals surface area (Å²) in [5.41, 5.74) is 0.0152. The fourth-order valence-corrected chi connectivity index (χ4v) is 7.18. The van der Waals surface area contributed by atoms with Gasteiger partial charge < -0.3 is 5.32 Å². The molecule has 4 atom stereocenters. The van der Waals surface area contributed by atoms with Crippen molar-refractivity contribution in [2.45, 2.75) is 49.5 Å².